The second kappa shape index (κ2) is 17.4. The van der Waals surface area contributed by atoms with Crippen LogP contribution in [0.25, 0.3) is 43.6 Å². The van der Waals surface area contributed by atoms with E-state index in [1.165, 1.54) is 12.1 Å². The molecule has 58 heavy (non-hydrogen) atoms. The number of fused-ring (bicyclic) bond motifs is 6. The molecule has 2 aromatic heterocycles. The van der Waals surface area contributed by atoms with Gasteiger partial charge in [0.05, 0.1) is 32.8 Å². The predicted molar refractivity (Wildman–Crippen MR) is 220 cm³/mol. The van der Waals surface area contributed by atoms with E-state index in [0.717, 1.165) is 27.7 Å². The third-order valence-electron chi connectivity index (χ3n) is 9.40. The molecule has 0 aliphatic rings. The van der Waals surface area contributed by atoms with Gasteiger partial charge in [-0.05, 0) is 71.8 Å². The number of aliphatic carboxylic acids is 2. The van der Waals surface area contributed by atoms with Crippen molar-refractivity contribution in [1.29, 1.82) is 0 Å². The average molecular weight is 775 g/mol. The van der Waals surface area contributed by atoms with Gasteiger partial charge < -0.3 is 40.3 Å². The predicted octanol–water partition coefficient (Wildman–Crippen LogP) is 6.30. The van der Waals surface area contributed by atoms with Crippen molar-refractivity contribution in [3.05, 3.63) is 155 Å². The molecule has 0 saturated heterocycles. The molecule has 2 amide bonds. The van der Waals surface area contributed by atoms with E-state index in [9.17, 15) is 23.6 Å². The van der Waals surface area contributed by atoms with Gasteiger partial charge in [0, 0.05) is 35.0 Å². The van der Waals surface area contributed by atoms with E-state index >= 15 is 0 Å². The van der Waals surface area contributed by atoms with Gasteiger partial charge in [0.2, 0.25) is 11.8 Å². The Balaban J connectivity index is 0.000000192. The summed E-state index contributed by atoms with van der Waals surface area (Å²) in [6.07, 6.45) is 0. The van der Waals surface area contributed by atoms with Crippen molar-refractivity contribution in [3.63, 3.8) is 0 Å². The number of nitrogens with two attached hydrogens (primary N) is 2. The van der Waals surface area contributed by atoms with E-state index in [0.29, 0.717) is 62.8 Å². The molecule has 0 spiro atoms. The van der Waals surface area contributed by atoms with Gasteiger partial charge in [-0.1, -0.05) is 66.7 Å². The van der Waals surface area contributed by atoms with Crippen molar-refractivity contribution >= 4 is 86.2 Å². The molecular weight excluding hydrogens is 738 g/mol. The topological polar surface area (TPSA) is 189 Å². The number of hydrogen-bond acceptors (Lipinski definition) is 6. The van der Waals surface area contributed by atoms with Crippen LogP contribution in [-0.4, -0.2) is 75.2 Å². The Labute approximate surface area is 342 Å². The Morgan fingerprint density at radius 2 is 0.914 bits per heavy atom. The maximum absolute atomic E-state index is 13.7. The van der Waals surface area contributed by atoms with Gasteiger partial charge in [0.25, 0.3) is 0 Å². The number of halogens is 1. The average Bonchev–Trinajstić information content (AvgIpc) is 3.69. The summed E-state index contributed by atoms with van der Waals surface area (Å²) in [7, 11) is 0. The Hall–Kier alpha value is -7.07. The summed E-state index contributed by atoms with van der Waals surface area (Å²) < 4.78 is 28.7. The number of carbonyl (C=O) groups excluding carboxylic acids is 2. The number of nitrogens with zero attached hydrogens (tertiary/aromatic N) is 2. The molecule has 6 N–H and O–H groups in total. The van der Waals surface area contributed by atoms with Crippen LogP contribution in [0.4, 0.5) is 4.39 Å². The second-order valence-corrected chi connectivity index (χ2v) is 13.1. The van der Waals surface area contributed by atoms with Crippen LogP contribution in [0.3, 0.4) is 0 Å². The molecule has 14 heteroatoms. The van der Waals surface area contributed by atoms with E-state index in [4.69, 9.17) is 31.2 Å². The fourth-order valence-electron chi connectivity index (χ4n) is 7.16. The fourth-order valence-corrected chi connectivity index (χ4v) is 7.16. The van der Waals surface area contributed by atoms with Gasteiger partial charge >= 0.3 is 30.8 Å². The molecular formula is C44H36FLiN4O8. The normalized spacial score (nSPS) is 10.8. The summed E-state index contributed by atoms with van der Waals surface area (Å²) in [6.45, 7) is -0.0502. The van der Waals surface area contributed by atoms with Crippen molar-refractivity contribution in [2.75, 3.05) is 13.2 Å². The molecule has 0 unspecified atom stereocenters. The molecule has 6 aromatic carbocycles. The molecule has 8 rings (SSSR count). The first-order valence-corrected chi connectivity index (χ1v) is 17.7. The number of carboxylic acid groups (broad SMARTS) is 2. The van der Waals surface area contributed by atoms with Gasteiger partial charge in [0.1, 0.15) is 17.3 Å². The van der Waals surface area contributed by atoms with E-state index in [1.807, 2.05) is 71.3 Å². The van der Waals surface area contributed by atoms with E-state index in [-0.39, 0.29) is 24.7 Å². The third-order valence-corrected chi connectivity index (χ3v) is 9.40. The van der Waals surface area contributed by atoms with Crippen molar-refractivity contribution in [2.45, 2.75) is 13.1 Å². The minimum absolute atomic E-state index is 0. The molecule has 0 radical (unpaired) electrons. The summed E-state index contributed by atoms with van der Waals surface area (Å²) in [5.74, 6) is -2.93. The van der Waals surface area contributed by atoms with Crippen LogP contribution in [0.5, 0.6) is 11.5 Å². The van der Waals surface area contributed by atoms with E-state index in [1.54, 1.807) is 48.5 Å². The van der Waals surface area contributed by atoms with Crippen LogP contribution in [-0.2, 0) is 22.7 Å². The summed E-state index contributed by atoms with van der Waals surface area (Å²) in [5, 5.41) is 20.5. The SMILES string of the molecule is NC(=O)c1cccc2c1c1c(OCC(=O)O)cccc1n2Cc1cccc(F)c1.NC(=O)c1cccc2c1c1c(OCC(=O)O)cccc1n2Cc1ccccc1.[LiH]. The molecule has 288 valence electrons. The number of rotatable bonds is 12. The van der Waals surface area contributed by atoms with Crippen molar-refractivity contribution < 1.29 is 43.3 Å². The molecule has 0 atom stereocenters. The number of carboxylic acids is 2. The Morgan fingerprint density at radius 1 is 0.517 bits per heavy atom. The van der Waals surface area contributed by atoms with Gasteiger partial charge in [-0.15, -0.1) is 0 Å². The van der Waals surface area contributed by atoms with Crippen LogP contribution in [0, 0.1) is 5.82 Å². The number of carbonyl (C=O) groups is 4. The number of aromatic nitrogens is 2. The Bertz CT molecular complexity index is 2850. The molecule has 0 saturated carbocycles. The molecule has 0 aliphatic heterocycles. The van der Waals surface area contributed by atoms with Crippen LogP contribution in [0.1, 0.15) is 31.8 Å². The first kappa shape index (κ1) is 40.6. The standard InChI is InChI=1S/C22H17FN2O4.C22H18N2O4.Li.H/c23-14-5-1-4-13(10-14)11-25-16-7-2-6-15(22(24)28)20(16)21-17(25)8-3-9-18(21)29-12-19(26)27;23-22(27)15-8-4-9-16-20(15)21-17(10-5-11-18(21)28-13-19(25)26)24(16)12-14-6-2-1-3-7-14;;/h1-10H,11-12H2,(H2,24,28)(H,26,27);1-11H,12-13H2,(H2,23,27)(H,25,26);;. The summed E-state index contributed by atoms with van der Waals surface area (Å²) >= 11 is 0. The summed E-state index contributed by atoms with van der Waals surface area (Å²) in [5.41, 5.74) is 16.8. The van der Waals surface area contributed by atoms with Crippen molar-refractivity contribution in [3.8, 4) is 11.5 Å². The second-order valence-electron chi connectivity index (χ2n) is 13.1. The van der Waals surface area contributed by atoms with Gasteiger partial charge in [-0.25, -0.2) is 14.0 Å². The monoisotopic (exact) mass is 774 g/mol. The van der Waals surface area contributed by atoms with E-state index in [2.05, 4.69) is 4.57 Å². The number of amides is 2. The molecule has 2 heterocycles. The summed E-state index contributed by atoms with van der Waals surface area (Å²) in [4.78, 5) is 46.1. The minimum atomic E-state index is -1.11. The first-order chi connectivity index (χ1) is 27.5. The molecule has 0 fully saturated rings. The Morgan fingerprint density at radius 3 is 1.34 bits per heavy atom. The maximum atomic E-state index is 13.7. The van der Waals surface area contributed by atoms with Gasteiger partial charge in [0.15, 0.2) is 13.2 Å². The van der Waals surface area contributed by atoms with Crippen LogP contribution >= 0.6 is 0 Å². The zero-order valence-electron chi connectivity index (χ0n) is 30.2. The van der Waals surface area contributed by atoms with E-state index < -0.39 is 37.0 Å². The fraction of sp³-hybridized carbons (Fsp3) is 0.0909. The molecule has 8 aromatic rings. The quantitative estimate of drug-likeness (QED) is 0.104. The number of primary amides is 2. The Kier molecular flexibility index (Phi) is 12.2. The van der Waals surface area contributed by atoms with Gasteiger partial charge in [-0.3, -0.25) is 9.59 Å². The molecule has 0 aliphatic carbocycles. The number of hydrogen-bond donors (Lipinski definition) is 4. The van der Waals surface area contributed by atoms with Crippen molar-refractivity contribution in [1.82, 2.24) is 9.13 Å². The van der Waals surface area contributed by atoms with Crippen LogP contribution in [0.15, 0.2) is 127 Å². The summed E-state index contributed by atoms with van der Waals surface area (Å²) in [6, 6.07) is 37.4. The van der Waals surface area contributed by atoms with Crippen LogP contribution < -0.4 is 20.9 Å². The zero-order valence-corrected chi connectivity index (χ0v) is 30.2. The zero-order chi connectivity index (χ0) is 40.2. The molecule has 0 bridgehead atoms. The van der Waals surface area contributed by atoms with Crippen molar-refractivity contribution in [2.24, 2.45) is 11.5 Å². The van der Waals surface area contributed by atoms with Gasteiger partial charge in [-0.2, -0.15) is 0 Å². The van der Waals surface area contributed by atoms with Crippen LogP contribution in [0.2, 0.25) is 0 Å². The number of ether oxygens (including phenoxy) is 2. The third kappa shape index (κ3) is 8.22. The first-order valence-electron chi connectivity index (χ1n) is 17.7. The molecule has 12 nitrogen and oxygen atoms in total. The number of benzene rings is 6.